The van der Waals surface area contributed by atoms with Crippen molar-refractivity contribution in [2.24, 2.45) is 0 Å². The molecular weight excluding hydrogens is 354 g/mol. The van der Waals surface area contributed by atoms with Gasteiger partial charge >= 0.3 is 0 Å². The molecule has 5 heteroatoms. The van der Waals surface area contributed by atoms with Crippen molar-refractivity contribution in [3.63, 3.8) is 0 Å². The van der Waals surface area contributed by atoms with Crippen LogP contribution in [-0.4, -0.2) is 15.0 Å². The van der Waals surface area contributed by atoms with Crippen LogP contribution in [0.15, 0.2) is 53.4 Å². The standard InChI is InChI=1S/C20H26ClNO2S/c1-4-20(2,3)17-10-12-19(13-11-17)25(23,24)22-14-6-8-16-7-5-9-18(21)15-16/h5,7,9-13,15,22H,4,6,8,14H2,1-3H3. The molecule has 2 aromatic carbocycles. The van der Waals surface area contributed by atoms with E-state index in [1.807, 2.05) is 36.4 Å². The van der Waals surface area contributed by atoms with E-state index in [4.69, 9.17) is 11.6 Å². The zero-order valence-corrected chi connectivity index (χ0v) is 16.6. The maximum Gasteiger partial charge on any atom is 0.240 e. The van der Waals surface area contributed by atoms with E-state index in [9.17, 15) is 8.42 Å². The van der Waals surface area contributed by atoms with E-state index >= 15 is 0 Å². The second kappa shape index (κ2) is 8.35. The molecule has 0 bridgehead atoms. The van der Waals surface area contributed by atoms with E-state index in [-0.39, 0.29) is 5.41 Å². The summed E-state index contributed by atoms with van der Waals surface area (Å²) in [5.41, 5.74) is 2.31. The van der Waals surface area contributed by atoms with Crippen LogP contribution in [0.3, 0.4) is 0 Å². The van der Waals surface area contributed by atoms with Crippen molar-refractivity contribution in [2.75, 3.05) is 6.54 Å². The summed E-state index contributed by atoms with van der Waals surface area (Å²) in [6.07, 6.45) is 2.51. The fourth-order valence-electron chi connectivity index (χ4n) is 2.56. The van der Waals surface area contributed by atoms with Gasteiger partial charge in [0.15, 0.2) is 0 Å². The van der Waals surface area contributed by atoms with Crippen molar-refractivity contribution in [3.05, 3.63) is 64.7 Å². The SMILES string of the molecule is CCC(C)(C)c1ccc(S(=O)(=O)NCCCc2cccc(Cl)c2)cc1. The summed E-state index contributed by atoms with van der Waals surface area (Å²) in [5, 5.41) is 0.702. The molecule has 0 aliphatic rings. The highest BCUT2D eigenvalue weighted by Gasteiger charge is 2.19. The van der Waals surface area contributed by atoms with E-state index in [0.717, 1.165) is 30.4 Å². The molecule has 0 radical (unpaired) electrons. The minimum atomic E-state index is -3.47. The molecule has 0 amide bonds. The Hall–Kier alpha value is -1.36. The Morgan fingerprint density at radius 1 is 1.08 bits per heavy atom. The van der Waals surface area contributed by atoms with Gasteiger partial charge in [0.1, 0.15) is 0 Å². The number of halogens is 1. The maximum absolute atomic E-state index is 12.4. The van der Waals surface area contributed by atoms with Gasteiger partial charge in [-0.25, -0.2) is 13.1 Å². The molecule has 25 heavy (non-hydrogen) atoms. The molecule has 0 saturated carbocycles. The number of sulfonamides is 1. The van der Waals surface area contributed by atoms with Crippen LogP contribution < -0.4 is 4.72 Å². The second-order valence-corrected chi connectivity index (χ2v) is 9.10. The molecule has 1 N–H and O–H groups in total. The Balaban J connectivity index is 1.93. The van der Waals surface area contributed by atoms with Gasteiger partial charge < -0.3 is 0 Å². The van der Waals surface area contributed by atoms with Crippen molar-refractivity contribution < 1.29 is 8.42 Å². The zero-order valence-electron chi connectivity index (χ0n) is 15.0. The van der Waals surface area contributed by atoms with Gasteiger partial charge in [-0.2, -0.15) is 0 Å². The number of hydrogen-bond acceptors (Lipinski definition) is 2. The molecule has 136 valence electrons. The van der Waals surface area contributed by atoms with Crippen LogP contribution in [0.2, 0.25) is 5.02 Å². The first-order valence-corrected chi connectivity index (χ1v) is 10.5. The van der Waals surface area contributed by atoms with Crippen molar-refractivity contribution in [1.29, 1.82) is 0 Å². The summed E-state index contributed by atoms with van der Waals surface area (Å²) >= 11 is 5.95. The van der Waals surface area contributed by atoms with Crippen molar-refractivity contribution >= 4 is 21.6 Å². The summed E-state index contributed by atoms with van der Waals surface area (Å²) in [6.45, 7) is 6.85. The van der Waals surface area contributed by atoms with Gasteiger partial charge in [-0.3, -0.25) is 0 Å². The summed E-state index contributed by atoms with van der Waals surface area (Å²) in [5.74, 6) is 0. The second-order valence-electron chi connectivity index (χ2n) is 6.89. The molecule has 0 fully saturated rings. The molecule has 0 atom stereocenters. The lowest BCUT2D eigenvalue weighted by Gasteiger charge is -2.23. The third kappa shape index (κ3) is 5.56. The fourth-order valence-corrected chi connectivity index (χ4v) is 3.85. The van der Waals surface area contributed by atoms with Gasteiger partial charge in [-0.05, 0) is 60.1 Å². The van der Waals surface area contributed by atoms with Crippen molar-refractivity contribution in [1.82, 2.24) is 4.72 Å². The number of aryl methyl sites for hydroxylation is 1. The van der Waals surface area contributed by atoms with E-state index in [0.29, 0.717) is 16.5 Å². The minimum Gasteiger partial charge on any atom is -0.211 e. The quantitative estimate of drug-likeness (QED) is 0.660. The van der Waals surface area contributed by atoms with Gasteiger partial charge in [0.05, 0.1) is 4.90 Å². The van der Waals surface area contributed by atoms with E-state index in [2.05, 4.69) is 25.5 Å². The Kier molecular flexibility index (Phi) is 6.66. The number of hydrogen-bond donors (Lipinski definition) is 1. The number of rotatable bonds is 8. The predicted molar refractivity (Wildman–Crippen MR) is 105 cm³/mol. The van der Waals surface area contributed by atoms with Gasteiger partial charge in [0.25, 0.3) is 0 Å². The first-order valence-electron chi connectivity index (χ1n) is 8.59. The van der Waals surface area contributed by atoms with Crippen LogP contribution in [0.1, 0.15) is 44.7 Å². The Labute approximate surface area is 156 Å². The molecule has 0 spiro atoms. The van der Waals surface area contributed by atoms with Gasteiger partial charge in [0, 0.05) is 11.6 Å². The highest BCUT2D eigenvalue weighted by Crippen LogP contribution is 2.27. The summed E-state index contributed by atoms with van der Waals surface area (Å²) in [4.78, 5) is 0.311. The molecule has 0 aliphatic carbocycles. The van der Waals surface area contributed by atoms with Crippen molar-refractivity contribution in [2.45, 2.75) is 50.3 Å². The molecule has 2 rings (SSSR count). The highest BCUT2D eigenvalue weighted by atomic mass is 35.5. The molecule has 0 saturated heterocycles. The lowest BCUT2D eigenvalue weighted by atomic mass is 9.82. The average Bonchev–Trinajstić information content (AvgIpc) is 2.59. The van der Waals surface area contributed by atoms with Crippen LogP contribution >= 0.6 is 11.6 Å². The van der Waals surface area contributed by atoms with Gasteiger partial charge in [0.2, 0.25) is 10.0 Å². The predicted octanol–water partition coefficient (Wildman–Crippen LogP) is 4.94. The minimum absolute atomic E-state index is 0.0483. The Morgan fingerprint density at radius 3 is 2.36 bits per heavy atom. The smallest absolute Gasteiger partial charge is 0.211 e. The lowest BCUT2D eigenvalue weighted by Crippen LogP contribution is -2.25. The van der Waals surface area contributed by atoms with Crippen molar-refractivity contribution in [3.8, 4) is 0 Å². The van der Waals surface area contributed by atoms with E-state index in [1.165, 1.54) is 0 Å². The third-order valence-corrected chi connectivity index (χ3v) is 6.37. The maximum atomic E-state index is 12.4. The Morgan fingerprint density at radius 2 is 1.76 bits per heavy atom. The molecule has 0 aliphatic heterocycles. The molecular formula is C20H26ClNO2S. The monoisotopic (exact) mass is 379 g/mol. The molecule has 2 aromatic rings. The number of nitrogens with one attached hydrogen (secondary N) is 1. The van der Waals surface area contributed by atoms with Gasteiger partial charge in [-0.1, -0.05) is 56.6 Å². The molecule has 0 heterocycles. The molecule has 3 nitrogen and oxygen atoms in total. The normalized spacial score (nSPS) is 12.3. The number of benzene rings is 2. The molecule has 0 aromatic heterocycles. The van der Waals surface area contributed by atoms with Crippen LogP contribution in [0.5, 0.6) is 0 Å². The highest BCUT2D eigenvalue weighted by molar-refractivity contribution is 7.89. The zero-order chi connectivity index (χ0) is 18.5. The van der Waals surface area contributed by atoms with E-state index < -0.39 is 10.0 Å². The first-order chi connectivity index (χ1) is 11.7. The van der Waals surface area contributed by atoms with Crippen LogP contribution in [0.4, 0.5) is 0 Å². The molecule has 0 unspecified atom stereocenters. The van der Waals surface area contributed by atoms with Gasteiger partial charge in [-0.15, -0.1) is 0 Å². The summed E-state index contributed by atoms with van der Waals surface area (Å²) < 4.78 is 27.5. The third-order valence-electron chi connectivity index (χ3n) is 4.65. The van der Waals surface area contributed by atoms with E-state index in [1.54, 1.807) is 12.1 Å². The van der Waals surface area contributed by atoms with Crippen LogP contribution in [0, 0.1) is 0 Å². The fraction of sp³-hybridized carbons (Fsp3) is 0.400. The largest absolute Gasteiger partial charge is 0.240 e. The Bertz CT molecular complexity index is 799. The van der Waals surface area contributed by atoms with Crippen LogP contribution in [-0.2, 0) is 21.9 Å². The average molecular weight is 380 g/mol. The topological polar surface area (TPSA) is 46.2 Å². The first kappa shape index (κ1) is 20.0. The summed E-state index contributed by atoms with van der Waals surface area (Å²) in [6, 6.07) is 14.8. The lowest BCUT2D eigenvalue weighted by molar-refractivity contribution is 0.505. The van der Waals surface area contributed by atoms with Crippen LogP contribution in [0.25, 0.3) is 0 Å². The summed E-state index contributed by atoms with van der Waals surface area (Å²) in [7, 11) is -3.47.